The molecule has 0 saturated carbocycles. The van der Waals surface area contributed by atoms with Gasteiger partial charge < -0.3 is 15.4 Å². The van der Waals surface area contributed by atoms with Gasteiger partial charge in [0.1, 0.15) is 12.4 Å². The summed E-state index contributed by atoms with van der Waals surface area (Å²) in [6, 6.07) is 10.6. The highest BCUT2D eigenvalue weighted by molar-refractivity contribution is 7.09. The minimum absolute atomic E-state index is 0.127. The standard InChI is InChI=1S/C21H22N4O3S/c1-15-25-18(14-29-15)13-28-19-4-2-3-17(11-19)21(27)23-10-7-20(26)24-12-16-5-8-22-9-6-16/h2-6,8-9,11,14H,7,10,12-13H2,1H3,(H,23,27)(H,24,26). The average Bonchev–Trinajstić information content (AvgIpc) is 3.17. The van der Waals surface area contributed by atoms with Gasteiger partial charge in [0.25, 0.3) is 5.91 Å². The third-order valence-corrected chi connectivity index (χ3v) is 4.85. The first-order chi connectivity index (χ1) is 14.1. The smallest absolute Gasteiger partial charge is 0.251 e. The first-order valence-corrected chi connectivity index (χ1v) is 10.1. The molecule has 8 heteroatoms. The van der Waals surface area contributed by atoms with Gasteiger partial charge in [-0.1, -0.05) is 6.07 Å². The van der Waals surface area contributed by atoms with Crippen molar-refractivity contribution in [2.75, 3.05) is 6.54 Å². The Balaban J connectivity index is 1.41. The summed E-state index contributed by atoms with van der Waals surface area (Å²) in [5.74, 6) is 0.220. The van der Waals surface area contributed by atoms with E-state index in [0.29, 0.717) is 24.5 Å². The van der Waals surface area contributed by atoms with E-state index >= 15 is 0 Å². The maximum absolute atomic E-state index is 12.3. The van der Waals surface area contributed by atoms with E-state index in [-0.39, 0.29) is 24.8 Å². The first kappa shape index (κ1) is 20.5. The Hall–Kier alpha value is -3.26. The molecule has 1 aromatic carbocycles. The molecule has 0 aliphatic heterocycles. The maximum Gasteiger partial charge on any atom is 0.251 e. The van der Waals surface area contributed by atoms with Crippen molar-refractivity contribution in [3.8, 4) is 5.75 Å². The van der Waals surface area contributed by atoms with Crippen LogP contribution in [0.25, 0.3) is 0 Å². The summed E-state index contributed by atoms with van der Waals surface area (Å²) in [5, 5.41) is 8.51. The molecular weight excluding hydrogens is 388 g/mol. The lowest BCUT2D eigenvalue weighted by atomic mass is 10.2. The number of carbonyl (C=O) groups is 2. The molecule has 3 rings (SSSR count). The van der Waals surface area contributed by atoms with Crippen molar-refractivity contribution < 1.29 is 14.3 Å². The monoisotopic (exact) mass is 410 g/mol. The SMILES string of the molecule is Cc1nc(COc2cccc(C(=O)NCCC(=O)NCc3ccncc3)c2)cs1. The normalized spacial score (nSPS) is 10.4. The van der Waals surface area contributed by atoms with Crippen LogP contribution in [-0.4, -0.2) is 28.3 Å². The Morgan fingerprint density at radius 1 is 1.14 bits per heavy atom. The van der Waals surface area contributed by atoms with E-state index in [9.17, 15) is 9.59 Å². The van der Waals surface area contributed by atoms with E-state index in [2.05, 4.69) is 20.6 Å². The lowest BCUT2D eigenvalue weighted by Crippen LogP contribution is -2.30. The number of carbonyl (C=O) groups excluding carboxylic acids is 2. The van der Waals surface area contributed by atoms with Crippen LogP contribution in [-0.2, 0) is 17.9 Å². The van der Waals surface area contributed by atoms with Gasteiger partial charge in [0.2, 0.25) is 5.91 Å². The summed E-state index contributed by atoms with van der Waals surface area (Å²) in [5.41, 5.74) is 2.32. The topological polar surface area (TPSA) is 93.2 Å². The number of hydrogen-bond acceptors (Lipinski definition) is 6. The van der Waals surface area contributed by atoms with Gasteiger partial charge in [-0.05, 0) is 42.8 Å². The molecule has 2 aromatic heterocycles. The number of hydrogen-bond donors (Lipinski definition) is 2. The predicted molar refractivity (Wildman–Crippen MR) is 111 cm³/mol. The van der Waals surface area contributed by atoms with E-state index in [1.54, 1.807) is 48.0 Å². The Morgan fingerprint density at radius 2 is 1.97 bits per heavy atom. The second-order valence-corrected chi connectivity index (χ2v) is 7.37. The van der Waals surface area contributed by atoms with E-state index in [0.717, 1.165) is 16.3 Å². The summed E-state index contributed by atoms with van der Waals surface area (Å²) in [6.45, 7) is 2.99. The van der Waals surface area contributed by atoms with Crippen molar-refractivity contribution in [2.24, 2.45) is 0 Å². The fourth-order valence-electron chi connectivity index (χ4n) is 2.54. The van der Waals surface area contributed by atoms with E-state index < -0.39 is 0 Å². The Labute approximate surface area is 173 Å². The van der Waals surface area contributed by atoms with Gasteiger partial charge >= 0.3 is 0 Å². The number of nitrogens with zero attached hydrogens (tertiary/aromatic N) is 2. The van der Waals surface area contributed by atoms with Gasteiger partial charge in [-0.3, -0.25) is 14.6 Å². The molecule has 0 atom stereocenters. The molecule has 3 aromatic rings. The number of ether oxygens (including phenoxy) is 1. The van der Waals surface area contributed by atoms with Gasteiger partial charge in [-0.2, -0.15) is 0 Å². The molecule has 0 spiro atoms. The number of rotatable bonds is 9. The van der Waals surface area contributed by atoms with Crippen LogP contribution in [0.1, 0.15) is 33.0 Å². The Morgan fingerprint density at radius 3 is 2.72 bits per heavy atom. The van der Waals surface area contributed by atoms with Crippen LogP contribution in [0.15, 0.2) is 54.2 Å². The third kappa shape index (κ3) is 6.69. The van der Waals surface area contributed by atoms with Crippen LogP contribution in [0.5, 0.6) is 5.75 Å². The number of aromatic nitrogens is 2. The van der Waals surface area contributed by atoms with Crippen LogP contribution in [0, 0.1) is 6.92 Å². The molecular formula is C21H22N4O3S. The number of nitrogens with one attached hydrogen (secondary N) is 2. The Kier molecular flexibility index (Phi) is 7.29. The molecule has 2 amide bonds. The molecule has 2 N–H and O–H groups in total. The summed E-state index contributed by atoms with van der Waals surface area (Å²) in [7, 11) is 0. The van der Waals surface area contributed by atoms with Crippen LogP contribution in [0.4, 0.5) is 0 Å². The highest BCUT2D eigenvalue weighted by Gasteiger charge is 2.08. The molecule has 0 saturated heterocycles. The van der Waals surface area contributed by atoms with Gasteiger partial charge in [-0.15, -0.1) is 11.3 Å². The highest BCUT2D eigenvalue weighted by Crippen LogP contribution is 2.16. The Bertz CT molecular complexity index is 959. The summed E-state index contributed by atoms with van der Waals surface area (Å²) < 4.78 is 5.71. The summed E-state index contributed by atoms with van der Waals surface area (Å²) in [6.07, 6.45) is 3.56. The van der Waals surface area contributed by atoms with E-state index in [1.807, 2.05) is 24.4 Å². The molecule has 0 radical (unpaired) electrons. The molecule has 0 aliphatic rings. The quantitative estimate of drug-likeness (QED) is 0.566. The summed E-state index contributed by atoms with van der Waals surface area (Å²) >= 11 is 1.57. The number of aryl methyl sites for hydroxylation is 1. The molecule has 29 heavy (non-hydrogen) atoms. The zero-order chi connectivity index (χ0) is 20.5. The van der Waals surface area contributed by atoms with Crippen LogP contribution in [0.2, 0.25) is 0 Å². The zero-order valence-electron chi connectivity index (χ0n) is 16.1. The third-order valence-electron chi connectivity index (χ3n) is 4.03. The van der Waals surface area contributed by atoms with E-state index in [1.165, 1.54) is 0 Å². The summed E-state index contributed by atoms with van der Waals surface area (Å²) in [4.78, 5) is 32.5. The van der Waals surface area contributed by atoms with Crippen molar-refractivity contribution in [1.29, 1.82) is 0 Å². The zero-order valence-corrected chi connectivity index (χ0v) is 16.9. The number of pyridine rings is 1. The highest BCUT2D eigenvalue weighted by atomic mass is 32.1. The lowest BCUT2D eigenvalue weighted by molar-refractivity contribution is -0.121. The van der Waals surface area contributed by atoms with Crippen molar-refractivity contribution in [3.63, 3.8) is 0 Å². The van der Waals surface area contributed by atoms with Crippen molar-refractivity contribution in [1.82, 2.24) is 20.6 Å². The second kappa shape index (κ2) is 10.3. The van der Waals surface area contributed by atoms with Crippen molar-refractivity contribution in [2.45, 2.75) is 26.5 Å². The van der Waals surface area contributed by atoms with Crippen LogP contribution < -0.4 is 15.4 Å². The van der Waals surface area contributed by atoms with Crippen molar-refractivity contribution >= 4 is 23.2 Å². The van der Waals surface area contributed by atoms with E-state index in [4.69, 9.17) is 4.74 Å². The molecule has 150 valence electrons. The lowest BCUT2D eigenvalue weighted by Gasteiger charge is -2.09. The minimum Gasteiger partial charge on any atom is -0.487 e. The largest absolute Gasteiger partial charge is 0.487 e. The number of amides is 2. The second-order valence-electron chi connectivity index (χ2n) is 6.31. The first-order valence-electron chi connectivity index (χ1n) is 9.18. The average molecular weight is 410 g/mol. The van der Waals surface area contributed by atoms with Gasteiger partial charge in [0, 0.05) is 42.8 Å². The van der Waals surface area contributed by atoms with Crippen LogP contribution in [0.3, 0.4) is 0 Å². The van der Waals surface area contributed by atoms with Gasteiger partial charge in [0.05, 0.1) is 10.7 Å². The molecule has 0 unspecified atom stereocenters. The molecule has 2 heterocycles. The fourth-order valence-corrected chi connectivity index (χ4v) is 3.14. The molecule has 0 aliphatic carbocycles. The van der Waals surface area contributed by atoms with Crippen molar-refractivity contribution in [3.05, 3.63) is 76.0 Å². The molecule has 0 fully saturated rings. The van der Waals surface area contributed by atoms with Gasteiger partial charge in [0.15, 0.2) is 0 Å². The predicted octanol–water partition coefficient (Wildman–Crippen LogP) is 2.86. The van der Waals surface area contributed by atoms with Crippen LogP contribution >= 0.6 is 11.3 Å². The fraction of sp³-hybridized carbons (Fsp3) is 0.238. The maximum atomic E-state index is 12.3. The number of benzene rings is 1. The number of thiazole rings is 1. The molecule has 0 bridgehead atoms. The van der Waals surface area contributed by atoms with Gasteiger partial charge in [-0.25, -0.2) is 4.98 Å². The minimum atomic E-state index is -0.248. The molecule has 7 nitrogen and oxygen atoms in total.